The summed E-state index contributed by atoms with van der Waals surface area (Å²) in [7, 11) is 3.09. The van der Waals surface area contributed by atoms with Crippen molar-refractivity contribution < 1.29 is 23.6 Å². The molecule has 1 unspecified atom stereocenters. The molecule has 1 aromatic heterocycles. The van der Waals surface area contributed by atoms with Crippen molar-refractivity contribution in [1.82, 2.24) is 20.4 Å². The molecule has 1 aliphatic rings. The minimum Gasteiger partial charge on any atom is -0.497 e. The van der Waals surface area contributed by atoms with E-state index < -0.39 is 11.6 Å². The lowest BCUT2D eigenvalue weighted by molar-refractivity contribution is -0.131. The van der Waals surface area contributed by atoms with Crippen LogP contribution in [0.4, 0.5) is 4.79 Å². The summed E-state index contributed by atoms with van der Waals surface area (Å²) in [5, 5.41) is 6.74. The molecule has 3 amide bonds. The smallest absolute Gasteiger partial charge is 0.325 e. The highest BCUT2D eigenvalue weighted by Gasteiger charge is 2.49. The summed E-state index contributed by atoms with van der Waals surface area (Å²) >= 11 is 0. The number of urea groups is 1. The quantitative estimate of drug-likeness (QED) is 0.609. The fraction of sp³-hybridized carbons (Fsp3) is 0.273. The molecule has 0 radical (unpaired) electrons. The predicted molar refractivity (Wildman–Crippen MR) is 110 cm³/mol. The van der Waals surface area contributed by atoms with E-state index >= 15 is 0 Å². The van der Waals surface area contributed by atoms with Gasteiger partial charge in [-0.2, -0.15) is 4.98 Å². The number of carbonyl (C=O) groups excluding carboxylic acids is 2. The van der Waals surface area contributed by atoms with Crippen LogP contribution < -0.4 is 14.8 Å². The number of methoxy groups -OCH3 is 2. The zero-order valence-corrected chi connectivity index (χ0v) is 17.6. The number of hydrogen-bond acceptors (Lipinski definition) is 7. The van der Waals surface area contributed by atoms with Crippen molar-refractivity contribution in [2.45, 2.75) is 25.9 Å². The SMILES string of the molecule is COc1ccc(-c2noc(CN3C(=O)NC(C)(c4ccc(C)cc4)C3=O)n2)c(OC)c1. The summed E-state index contributed by atoms with van der Waals surface area (Å²) in [5.74, 6) is 1.16. The van der Waals surface area contributed by atoms with Crippen molar-refractivity contribution in [2.24, 2.45) is 0 Å². The molecule has 0 aliphatic carbocycles. The predicted octanol–water partition coefficient (Wildman–Crippen LogP) is 3.03. The Morgan fingerprint density at radius 2 is 1.84 bits per heavy atom. The molecule has 2 aromatic carbocycles. The Balaban J connectivity index is 1.57. The minimum absolute atomic E-state index is 0.129. The fourth-order valence-corrected chi connectivity index (χ4v) is 3.47. The molecule has 3 aromatic rings. The zero-order chi connectivity index (χ0) is 22.2. The van der Waals surface area contributed by atoms with Gasteiger partial charge >= 0.3 is 6.03 Å². The monoisotopic (exact) mass is 422 g/mol. The third kappa shape index (κ3) is 3.58. The number of imide groups is 1. The number of benzene rings is 2. The number of hydrogen-bond donors (Lipinski definition) is 1. The highest BCUT2D eigenvalue weighted by molar-refractivity contribution is 6.07. The van der Waals surface area contributed by atoms with Crippen molar-refractivity contribution >= 4 is 11.9 Å². The molecule has 1 N–H and O–H groups in total. The molecule has 31 heavy (non-hydrogen) atoms. The average Bonchev–Trinajstić information content (AvgIpc) is 3.32. The van der Waals surface area contributed by atoms with Gasteiger partial charge in [0.25, 0.3) is 5.91 Å². The van der Waals surface area contributed by atoms with Gasteiger partial charge in [0.05, 0.1) is 19.8 Å². The summed E-state index contributed by atoms with van der Waals surface area (Å²) in [6.07, 6.45) is 0. The van der Waals surface area contributed by atoms with E-state index in [4.69, 9.17) is 14.0 Å². The molecule has 1 fully saturated rings. The van der Waals surface area contributed by atoms with Crippen LogP contribution in [0.5, 0.6) is 11.5 Å². The van der Waals surface area contributed by atoms with E-state index in [1.54, 1.807) is 32.2 Å². The third-order valence-electron chi connectivity index (χ3n) is 5.31. The van der Waals surface area contributed by atoms with Crippen LogP contribution in [-0.4, -0.2) is 41.2 Å². The number of nitrogens with zero attached hydrogens (tertiary/aromatic N) is 3. The molecule has 4 rings (SSSR count). The number of carbonyl (C=O) groups is 2. The second-order valence-electron chi connectivity index (χ2n) is 7.39. The molecule has 9 nitrogen and oxygen atoms in total. The molecule has 9 heteroatoms. The summed E-state index contributed by atoms with van der Waals surface area (Å²) in [6.45, 7) is 3.50. The van der Waals surface area contributed by atoms with Crippen LogP contribution >= 0.6 is 0 Å². The summed E-state index contributed by atoms with van der Waals surface area (Å²) in [5.41, 5.74) is 1.20. The number of ether oxygens (including phenoxy) is 2. The largest absolute Gasteiger partial charge is 0.497 e. The first-order valence-electron chi connectivity index (χ1n) is 9.62. The van der Waals surface area contributed by atoms with E-state index in [9.17, 15) is 9.59 Å². The van der Waals surface area contributed by atoms with E-state index in [1.165, 1.54) is 7.11 Å². The van der Waals surface area contributed by atoms with E-state index in [2.05, 4.69) is 15.5 Å². The lowest BCUT2D eigenvalue weighted by atomic mass is 9.91. The van der Waals surface area contributed by atoms with Gasteiger partial charge in [0.15, 0.2) is 0 Å². The van der Waals surface area contributed by atoms with Gasteiger partial charge in [0.1, 0.15) is 23.6 Å². The normalized spacial score (nSPS) is 18.3. The maximum absolute atomic E-state index is 13.1. The Kier molecular flexibility index (Phi) is 5.10. The van der Waals surface area contributed by atoms with Crippen LogP contribution in [0.25, 0.3) is 11.4 Å². The van der Waals surface area contributed by atoms with Crippen molar-refractivity contribution in [1.29, 1.82) is 0 Å². The second-order valence-corrected chi connectivity index (χ2v) is 7.39. The molecular formula is C22H22N4O5. The highest BCUT2D eigenvalue weighted by atomic mass is 16.5. The van der Waals surface area contributed by atoms with Gasteiger partial charge in [-0.25, -0.2) is 4.79 Å². The van der Waals surface area contributed by atoms with Crippen LogP contribution in [0.3, 0.4) is 0 Å². The maximum Gasteiger partial charge on any atom is 0.325 e. The molecular weight excluding hydrogens is 400 g/mol. The lowest BCUT2D eigenvalue weighted by Crippen LogP contribution is -2.40. The molecule has 1 aliphatic heterocycles. The zero-order valence-electron chi connectivity index (χ0n) is 17.6. The molecule has 0 saturated carbocycles. The number of aromatic nitrogens is 2. The van der Waals surface area contributed by atoms with Gasteiger partial charge in [0, 0.05) is 6.07 Å². The Hall–Kier alpha value is -3.88. The third-order valence-corrected chi connectivity index (χ3v) is 5.31. The first-order chi connectivity index (χ1) is 14.9. The first kappa shape index (κ1) is 20.4. The Labute approximate surface area is 179 Å². The van der Waals surface area contributed by atoms with Crippen LogP contribution in [0.15, 0.2) is 47.0 Å². The number of aryl methyl sites for hydroxylation is 1. The highest BCUT2D eigenvalue weighted by Crippen LogP contribution is 2.33. The van der Waals surface area contributed by atoms with E-state index in [0.29, 0.717) is 22.6 Å². The van der Waals surface area contributed by atoms with Gasteiger partial charge in [-0.3, -0.25) is 9.69 Å². The maximum atomic E-state index is 13.1. The first-order valence-corrected chi connectivity index (χ1v) is 9.62. The van der Waals surface area contributed by atoms with Crippen LogP contribution in [-0.2, 0) is 16.9 Å². The fourth-order valence-electron chi connectivity index (χ4n) is 3.47. The molecule has 2 heterocycles. The van der Waals surface area contributed by atoms with Gasteiger partial charge in [-0.15, -0.1) is 0 Å². The molecule has 160 valence electrons. The Bertz CT molecular complexity index is 1140. The second kappa shape index (κ2) is 7.75. The van der Waals surface area contributed by atoms with Crippen molar-refractivity contribution in [3.8, 4) is 22.9 Å². The van der Waals surface area contributed by atoms with Gasteiger partial charge in [-0.1, -0.05) is 35.0 Å². The van der Waals surface area contributed by atoms with Crippen LogP contribution in [0.1, 0.15) is 23.9 Å². The van der Waals surface area contributed by atoms with E-state index in [-0.39, 0.29) is 24.2 Å². The Morgan fingerprint density at radius 3 is 2.52 bits per heavy atom. The van der Waals surface area contributed by atoms with E-state index in [0.717, 1.165) is 10.5 Å². The Morgan fingerprint density at radius 1 is 1.10 bits per heavy atom. The van der Waals surface area contributed by atoms with Gasteiger partial charge in [-0.05, 0) is 31.5 Å². The van der Waals surface area contributed by atoms with Crippen molar-refractivity contribution in [3.05, 3.63) is 59.5 Å². The topological polar surface area (TPSA) is 107 Å². The molecule has 0 bridgehead atoms. The molecule has 1 saturated heterocycles. The number of nitrogens with one attached hydrogen (secondary N) is 1. The average molecular weight is 422 g/mol. The van der Waals surface area contributed by atoms with Crippen LogP contribution in [0.2, 0.25) is 0 Å². The van der Waals surface area contributed by atoms with E-state index in [1.807, 2.05) is 31.2 Å². The summed E-state index contributed by atoms with van der Waals surface area (Å²) < 4.78 is 15.9. The van der Waals surface area contributed by atoms with Crippen molar-refractivity contribution in [3.63, 3.8) is 0 Å². The lowest BCUT2D eigenvalue weighted by Gasteiger charge is -2.22. The number of rotatable bonds is 6. The minimum atomic E-state index is -1.16. The van der Waals surface area contributed by atoms with Crippen molar-refractivity contribution in [2.75, 3.05) is 14.2 Å². The van der Waals surface area contributed by atoms with Gasteiger partial charge < -0.3 is 19.3 Å². The summed E-state index contributed by atoms with van der Waals surface area (Å²) in [6, 6.07) is 12.1. The molecule has 0 spiro atoms. The van der Waals surface area contributed by atoms with Crippen LogP contribution in [0, 0.1) is 6.92 Å². The summed E-state index contributed by atoms with van der Waals surface area (Å²) in [4.78, 5) is 31.1. The number of amides is 3. The van der Waals surface area contributed by atoms with Gasteiger partial charge in [0.2, 0.25) is 11.7 Å². The molecule has 1 atom stereocenters. The standard InChI is InChI=1S/C22H22N4O5/c1-13-5-7-14(8-6-13)22(2)20(27)26(21(28)24-22)12-18-23-19(25-31-18)16-10-9-15(29-3)11-17(16)30-4/h5-11H,12H2,1-4H3,(H,24,28).